The molecule has 0 saturated carbocycles. The molecular weight excluding hydrogens is 320 g/mol. The summed E-state index contributed by atoms with van der Waals surface area (Å²) in [5.41, 5.74) is 0. The number of piperidine rings is 1. The van der Waals surface area contributed by atoms with Crippen molar-refractivity contribution in [2.75, 3.05) is 24.6 Å². The van der Waals surface area contributed by atoms with E-state index < -0.39 is 9.84 Å². The zero-order valence-corrected chi connectivity index (χ0v) is 14.2. The van der Waals surface area contributed by atoms with Crippen molar-refractivity contribution in [1.29, 1.82) is 0 Å². The number of hydrogen-bond acceptors (Lipinski definition) is 5. The first kappa shape index (κ1) is 16.0. The van der Waals surface area contributed by atoms with Crippen LogP contribution in [0.25, 0.3) is 0 Å². The first-order chi connectivity index (χ1) is 10.5. The lowest BCUT2D eigenvalue weighted by Crippen LogP contribution is -2.46. The van der Waals surface area contributed by atoms with Crippen LogP contribution in [0.15, 0.2) is 17.5 Å². The minimum absolute atomic E-state index is 0.0239. The molecule has 2 aliphatic rings. The molecule has 5 nitrogen and oxygen atoms in total. The second kappa shape index (κ2) is 6.68. The van der Waals surface area contributed by atoms with Gasteiger partial charge >= 0.3 is 0 Å². The zero-order valence-electron chi connectivity index (χ0n) is 12.5. The zero-order chi connectivity index (χ0) is 15.6. The SMILES string of the molecule is O=C(NC1CCN(Cc2cccs2)CC1)C1CCS(=O)(=O)C1. The molecular formula is C15H22N2O3S2. The smallest absolute Gasteiger partial charge is 0.224 e. The van der Waals surface area contributed by atoms with Crippen molar-refractivity contribution in [3.63, 3.8) is 0 Å². The molecule has 0 radical (unpaired) electrons. The van der Waals surface area contributed by atoms with Gasteiger partial charge < -0.3 is 5.32 Å². The Morgan fingerprint density at radius 3 is 2.68 bits per heavy atom. The quantitative estimate of drug-likeness (QED) is 0.895. The highest BCUT2D eigenvalue weighted by Crippen LogP contribution is 2.20. The largest absolute Gasteiger partial charge is 0.353 e. The molecule has 2 aliphatic heterocycles. The average Bonchev–Trinajstić information content (AvgIpc) is 3.10. The molecule has 122 valence electrons. The Bertz CT molecular complexity index is 605. The number of hydrogen-bond donors (Lipinski definition) is 1. The molecule has 0 aliphatic carbocycles. The Hall–Kier alpha value is -0.920. The Morgan fingerprint density at radius 1 is 1.32 bits per heavy atom. The number of amides is 1. The predicted molar refractivity (Wildman–Crippen MR) is 87.5 cm³/mol. The number of nitrogens with one attached hydrogen (secondary N) is 1. The van der Waals surface area contributed by atoms with Gasteiger partial charge in [0.1, 0.15) is 0 Å². The van der Waals surface area contributed by atoms with Crippen LogP contribution in [0, 0.1) is 5.92 Å². The van der Waals surface area contributed by atoms with Crippen molar-refractivity contribution in [2.45, 2.75) is 31.8 Å². The van der Waals surface area contributed by atoms with E-state index in [1.165, 1.54) is 4.88 Å². The van der Waals surface area contributed by atoms with Gasteiger partial charge in [0.25, 0.3) is 0 Å². The number of carbonyl (C=O) groups excluding carboxylic acids is 1. The van der Waals surface area contributed by atoms with Gasteiger partial charge in [-0.3, -0.25) is 9.69 Å². The maximum atomic E-state index is 12.2. The third kappa shape index (κ3) is 4.08. The highest BCUT2D eigenvalue weighted by atomic mass is 32.2. The lowest BCUT2D eigenvalue weighted by molar-refractivity contribution is -0.125. The minimum Gasteiger partial charge on any atom is -0.353 e. The third-order valence-electron chi connectivity index (χ3n) is 4.50. The van der Waals surface area contributed by atoms with Crippen LogP contribution in [0.3, 0.4) is 0 Å². The summed E-state index contributed by atoms with van der Waals surface area (Å²) >= 11 is 1.78. The summed E-state index contributed by atoms with van der Waals surface area (Å²) in [6, 6.07) is 4.41. The Kier molecular flexibility index (Phi) is 4.84. The normalized spacial score (nSPS) is 26.1. The molecule has 7 heteroatoms. The standard InChI is InChI=1S/C15H22N2O3S2/c18-15(12-5-9-22(19,20)11-12)16-13-3-6-17(7-4-13)10-14-2-1-8-21-14/h1-2,8,12-13H,3-7,9-11H2,(H,16,18). The van der Waals surface area contributed by atoms with Gasteiger partial charge in [-0.15, -0.1) is 11.3 Å². The topological polar surface area (TPSA) is 66.5 Å². The van der Waals surface area contributed by atoms with E-state index in [0.717, 1.165) is 32.5 Å². The number of sulfone groups is 1. The van der Waals surface area contributed by atoms with Gasteiger partial charge in [-0.2, -0.15) is 0 Å². The van der Waals surface area contributed by atoms with E-state index in [1.807, 2.05) is 0 Å². The van der Waals surface area contributed by atoms with Gasteiger partial charge in [0.05, 0.1) is 17.4 Å². The third-order valence-corrected chi connectivity index (χ3v) is 7.13. The molecule has 1 N–H and O–H groups in total. The second-order valence-corrected chi connectivity index (χ2v) is 9.50. The van der Waals surface area contributed by atoms with Gasteiger partial charge in [0.2, 0.25) is 5.91 Å². The van der Waals surface area contributed by atoms with E-state index in [-0.39, 0.29) is 29.4 Å². The van der Waals surface area contributed by atoms with E-state index in [1.54, 1.807) is 11.3 Å². The number of likely N-dealkylation sites (tertiary alicyclic amines) is 1. The van der Waals surface area contributed by atoms with Gasteiger partial charge in [0, 0.05) is 30.6 Å². The molecule has 1 aromatic heterocycles. The maximum absolute atomic E-state index is 12.2. The summed E-state index contributed by atoms with van der Waals surface area (Å²) in [5, 5.41) is 5.15. The molecule has 3 rings (SSSR count). The summed E-state index contributed by atoms with van der Waals surface area (Å²) < 4.78 is 22.9. The van der Waals surface area contributed by atoms with Gasteiger partial charge in [-0.25, -0.2) is 8.42 Å². The van der Waals surface area contributed by atoms with Crippen LogP contribution in [0.2, 0.25) is 0 Å². The first-order valence-electron chi connectivity index (χ1n) is 7.77. The van der Waals surface area contributed by atoms with Crippen LogP contribution in [0.5, 0.6) is 0 Å². The van der Waals surface area contributed by atoms with Crippen molar-refractivity contribution < 1.29 is 13.2 Å². The molecule has 2 fully saturated rings. The molecule has 2 saturated heterocycles. The average molecular weight is 342 g/mol. The van der Waals surface area contributed by atoms with E-state index >= 15 is 0 Å². The van der Waals surface area contributed by atoms with Crippen LogP contribution in [-0.2, 0) is 21.2 Å². The molecule has 1 aromatic rings. The lowest BCUT2D eigenvalue weighted by Gasteiger charge is -2.32. The Balaban J connectivity index is 1.43. The molecule has 1 unspecified atom stereocenters. The fraction of sp³-hybridized carbons (Fsp3) is 0.667. The number of nitrogens with zero attached hydrogens (tertiary/aromatic N) is 1. The number of thiophene rings is 1. The van der Waals surface area contributed by atoms with Crippen molar-refractivity contribution in [3.8, 4) is 0 Å². The van der Waals surface area contributed by atoms with Gasteiger partial charge in [-0.05, 0) is 30.7 Å². The first-order valence-corrected chi connectivity index (χ1v) is 10.5. The summed E-state index contributed by atoms with van der Waals surface area (Å²) in [4.78, 5) is 15.9. The molecule has 0 aromatic carbocycles. The van der Waals surface area contributed by atoms with Gasteiger partial charge in [0.15, 0.2) is 9.84 Å². The fourth-order valence-corrected chi connectivity index (χ4v) is 5.67. The predicted octanol–water partition coefficient (Wildman–Crippen LogP) is 1.26. The molecule has 3 heterocycles. The van der Waals surface area contributed by atoms with Crippen LogP contribution in [-0.4, -0.2) is 49.9 Å². The monoisotopic (exact) mass is 342 g/mol. The summed E-state index contributed by atoms with van der Waals surface area (Å²) in [5.74, 6) is -0.229. The van der Waals surface area contributed by atoms with Crippen molar-refractivity contribution in [1.82, 2.24) is 10.2 Å². The minimum atomic E-state index is -2.99. The molecule has 1 atom stereocenters. The van der Waals surface area contributed by atoms with Crippen molar-refractivity contribution >= 4 is 27.1 Å². The van der Waals surface area contributed by atoms with Gasteiger partial charge in [-0.1, -0.05) is 6.07 Å². The lowest BCUT2D eigenvalue weighted by atomic mass is 10.0. The van der Waals surface area contributed by atoms with Crippen LogP contribution < -0.4 is 5.32 Å². The summed E-state index contributed by atoms with van der Waals surface area (Å²) in [6.45, 7) is 2.94. The maximum Gasteiger partial charge on any atom is 0.224 e. The highest BCUT2D eigenvalue weighted by molar-refractivity contribution is 7.91. The Labute approximate surface area is 135 Å². The van der Waals surface area contributed by atoms with E-state index in [2.05, 4.69) is 27.7 Å². The summed E-state index contributed by atoms with van der Waals surface area (Å²) in [7, 11) is -2.99. The molecule has 22 heavy (non-hydrogen) atoms. The second-order valence-electron chi connectivity index (χ2n) is 6.24. The number of rotatable bonds is 4. The van der Waals surface area contributed by atoms with E-state index in [0.29, 0.717) is 6.42 Å². The highest BCUT2D eigenvalue weighted by Gasteiger charge is 2.34. The molecule has 0 bridgehead atoms. The van der Waals surface area contributed by atoms with E-state index in [9.17, 15) is 13.2 Å². The molecule has 1 amide bonds. The Morgan fingerprint density at radius 2 is 2.09 bits per heavy atom. The fourth-order valence-electron chi connectivity index (χ4n) is 3.18. The molecule has 0 spiro atoms. The van der Waals surface area contributed by atoms with Crippen LogP contribution >= 0.6 is 11.3 Å². The van der Waals surface area contributed by atoms with Crippen LogP contribution in [0.4, 0.5) is 0 Å². The van der Waals surface area contributed by atoms with Crippen molar-refractivity contribution in [3.05, 3.63) is 22.4 Å². The van der Waals surface area contributed by atoms with Crippen molar-refractivity contribution in [2.24, 2.45) is 5.92 Å². The van der Waals surface area contributed by atoms with Crippen LogP contribution in [0.1, 0.15) is 24.1 Å². The summed E-state index contributed by atoms with van der Waals surface area (Å²) in [6.07, 6.45) is 2.36. The number of carbonyl (C=O) groups is 1. The van der Waals surface area contributed by atoms with E-state index in [4.69, 9.17) is 0 Å².